The van der Waals surface area contributed by atoms with Gasteiger partial charge in [0.2, 0.25) is 10.0 Å². The number of hydrogen-bond acceptors (Lipinski definition) is 4. The second-order valence-electron chi connectivity index (χ2n) is 5.68. The first kappa shape index (κ1) is 17.2. The average molecular weight is 314 g/mol. The van der Waals surface area contributed by atoms with Gasteiger partial charge in [0.15, 0.2) is 0 Å². The third-order valence-corrected chi connectivity index (χ3v) is 6.04. The topological polar surface area (TPSA) is 70.0 Å². The molecule has 0 aliphatic heterocycles. The van der Waals surface area contributed by atoms with Crippen LogP contribution in [-0.2, 0) is 10.0 Å². The Balaban J connectivity index is 2.61. The van der Waals surface area contributed by atoms with Gasteiger partial charge in [-0.2, -0.15) is 5.26 Å². The van der Waals surface area contributed by atoms with Gasteiger partial charge in [0.1, 0.15) is 15.2 Å². The van der Waals surface area contributed by atoms with Gasteiger partial charge in [0, 0.05) is 6.54 Å². The molecule has 0 atom stereocenters. The second kappa shape index (κ2) is 7.21. The third kappa shape index (κ3) is 5.23. The highest BCUT2D eigenvalue weighted by atomic mass is 32.2. The van der Waals surface area contributed by atoms with Gasteiger partial charge in [0.05, 0.1) is 0 Å². The quantitative estimate of drug-likeness (QED) is 0.746. The summed E-state index contributed by atoms with van der Waals surface area (Å²) < 4.78 is 27.1. The zero-order valence-corrected chi connectivity index (χ0v) is 13.9. The molecule has 6 heteroatoms. The minimum absolute atomic E-state index is 0.0580. The lowest BCUT2D eigenvalue weighted by atomic mass is 9.87. The second-order valence-corrected chi connectivity index (χ2v) is 8.75. The number of nitriles is 1. The molecule has 0 bridgehead atoms. The first-order chi connectivity index (χ1) is 9.30. The summed E-state index contributed by atoms with van der Waals surface area (Å²) in [6.07, 6.45) is 4.45. The van der Waals surface area contributed by atoms with Gasteiger partial charge >= 0.3 is 0 Å². The maximum absolute atomic E-state index is 12.1. The predicted octanol–water partition coefficient (Wildman–Crippen LogP) is 3.50. The molecular formula is C14H22N2O2S2. The first-order valence-corrected chi connectivity index (χ1v) is 9.10. The number of rotatable bonds is 8. The molecule has 4 nitrogen and oxygen atoms in total. The van der Waals surface area contributed by atoms with Crippen LogP contribution in [0.1, 0.15) is 51.3 Å². The van der Waals surface area contributed by atoms with E-state index < -0.39 is 10.0 Å². The fourth-order valence-corrected chi connectivity index (χ4v) is 4.22. The highest BCUT2D eigenvalue weighted by Crippen LogP contribution is 2.25. The lowest BCUT2D eigenvalue weighted by Gasteiger charge is -2.24. The SMILES string of the molecule is CCCCCC(C)(C)CNS(=O)(=O)c1ccc(C#N)s1. The van der Waals surface area contributed by atoms with Crippen molar-refractivity contribution in [1.29, 1.82) is 5.26 Å². The van der Waals surface area contributed by atoms with Crippen LogP contribution < -0.4 is 4.72 Å². The fourth-order valence-electron chi connectivity index (χ4n) is 1.83. The van der Waals surface area contributed by atoms with E-state index in [0.29, 0.717) is 11.4 Å². The molecule has 1 rings (SSSR count). The summed E-state index contributed by atoms with van der Waals surface area (Å²) in [4.78, 5) is 0.410. The maximum Gasteiger partial charge on any atom is 0.250 e. The molecular weight excluding hydrogens is 292 g/mol. The summed E-state index contributed by atoms with van der Waals surface area (Å²) in [5.74, 6) is 0. The number of unbranched alkanes of at least 4 members (excludes halogenated alkanes) is 2. The van der Waals surface area contributed by atoms with Crippen molar-refractivity contribution in [1.82, 2.24) is 4.72 Å². The average Bonchev–Trinajstić information content (AvgIpc) is 2.86. The van der Waals surface area contributed by atoms with Crippen LogP contribution in [0.15, 0.2) is 16.3 Å². The van der Waals surface area contributed by atoms with Crippen LogP contribution in [0.4, 0.5) is 0 Å². The van der Waals surface area contributed by atoms with Crippen LogP contribution in [0.5, 0.6) is 0 Å². The number of sulfonamides is 1. The van der Waals surface area contributed by atoms with E-state index in [2.05, 4.69) is 25.5 Å². The molecule has 1 aromatic rings. The highest BCUT2D eigenvalue weighted by Gasteiger charge is 2.23. The van der Waals surface area contributed by atoms with Crippen molar-refractivity contribution in [2.75, 3.05) is 6.54 Å². The summed E-state index contributed by atoms with van der Waals surface area (Å²) >= 11 is 1.00. The van der Waals surface area contributed by atoms with E-state index in [1.54, 1.807) is 0 Å². The molecule has 0 aliphatic carbocycles. The molecule has 0 aromatic carbocycles. The molecule has 0 unspecified atom stereocenters. The predicted molar refractivity (Wildman–Crippen MR) is 82.1 cm³/mol. The molecule has 1 heterocycles. The Hall–Kier alpha value is -0.900. The van der Waals surface area contributed by atoms with E-state index in [0.717, 1.165) is 30.6 Å². The number of thiophene rings is 1. The van der Waals surface area contributed by atoms with Gasteiger partial charge in [-0.15, -0.1) is 11.3 Å². The zero-order valence-electron chi connectivity index (χ0n) is 12.3. The van der Waals surface area contributed by atoms with Crippen molar-refractivity contribution in [2.45, 2.75) is 50.7 Å². The normalized spacial score (nSPS) is 12.3. The Morgan fingerprint density at radius 1 is 1.35 bits per heavy atom. The van der Waals surface area contributed by atoms with E-state index in [4.69, 9.17) is 5.26 Å². The van der Waals surface area contributed by atoms with Crippen LogP contribution in [0.2, 0.25) is 0 Å². The smallest absolute Gasteiger partial charge is 0.210 e. The fraction of sp³-hybridized carbons (Fsp3) is 0.643. The van der Waals surface area contributed by atoms with Crippen molar-refractivity contribution in [3.05, 3.63) is 17.0 Å². The minimum atomic E-state index is -3.50. The number of hydrogen-bond donors (Lipinski definition) is 1. The Morgan fingerprint density at radius 3 is 2.60 bits per heavy atom. The molecule has 0 aliphatic rings. The Morgan fingerprint density at radius 2 is 2.05 bits per heavy atom. The zero-order chi connectivity index (χ0) is 15.2. The molecule has 0 radical (unpaired) electrons. The van der Waals surface area contributed by atoms with Gasteiger partial charge in [-0.05, 0) is 24.0 Å². The monoisotopic (exact) mass is 314 g/mol. The Bertz CT molecular complexity index is 568. The highest BCUT2D eigenvalue weighted by molar-refractivity contribution is 7.91. The molecule has 0 saturated heterocycles. The van der Waals surface area contributed by atoms with Crippen LogP contribution in [0.3, 0.4) is 0 Å². The van der Waals surface area contributed by atoms with E-state index in [1.165, 1.54) is 18.6 Å². The van der Waals surface area contributed by atoms with E-state index >= 15 is 0 Å². The van der Waals surface area contributed by atoms with Gasteiger partial charge in [0.25, 0.3) is 0 Å². The number of nitrogens with zero attached hydrogens (tertiary/aromatic N) is 1. The third-order valence-electron chi connectivity index (χ3n) is 3.15. The van der Waals surface area contributed by atoms with Gasteiger partial charge in [-0.1, -0.05) is 40.0 Å². The van der Waals surface area contributed by atoms with E-state index in [-0.39, 0.29) is 9.62 Å². The lowest BCUT2D eigenvalue weighted by Crippen LogP contribution is -2.33. The van der Waals surface area contributed by atoms with E-state index in [9.17, 15) is 8.42 Å². The summed E-state index contributed by atoms with van der Waals surface area (Å²) in [6.45, 7) is 6.71. The van der Waals surface area contributed by atoms with Crippen LogP contribution in [0.25, 0.3) is 0 Å². The van der Waals surface area contributed by atoms with Crippen molar-refractivity contribution in [2.24, 2.45) is 5.41 Å². The lowest BCUT2D eigenvalue weighted by molar-refractivity contribution is 0.320. The Labute approximate surface area is 125 Å². The van der Waals surface area contributed by atoms with Crippen LogP contribution in [0, 0.1) is 16.7 Å². The van der Waals surface area contributed by atoms with Crippen LogP contribution in [-0.4, -0.2) is 15.0 Å². The summed E-state index contributed by atoms with van der Waals surface area (Å²) in [5.41, 5.74) is -0.0580. The van der Waals surface area contributed by atoms with Crippen molar-refractivity contribution in [3.8, 4) is 6.07 Å². The molecule has 1 N–H and O–H groups in total. The molecule has 20 heavy (non-hydrogen) atoms. The van der Waals surface area contributed by atoms with Crippen molar-refractivity contribution >= 4 is 21.4 Å². The molecule has 0 fully saturated rings. The van der Waals surface area contributed by atoms with Gasteiger partial charge in [-0.3, -0.25) is 0 Å². The Kier molecular flexibility index (Phi) is 6.18. The van der Waals surface area contributed by atoms with Gasteiger partial charge in [-0.25, -0.2) is 13.1 Å². The van der Waals surface area contributed by atoms with Crippen molar-refractivity contribution < 1.29 is 8.42 Å². The molecule has 0 spiro atoms. The van der Waals surface area contributed by atoms with Crippen molar-refractivity contribution in [3.63, 3.8) is 0 Å². The summed E-state index contributed by atoms with van der Waals surface area (Å²) in [5, 5.41) is 8.74. The molecule has 112 valence electrons. The molecule has 1 aromatic heterocycles. The molecule has 0 amide bonds. The maximum atomic E-state index is 12.1. The first-order valence-electron chi connectivity index (χ1n) is 6.80. The summed E-state index contributed by atoms with van der Waals surface area (Å²) in [7, 11) is -3.50. The van der Waals surface area contributed by atoms with Crippen LogP contribution >= 0.6 is 11.3 Å². The largest absolute Gasteiger partial charge is 0.250 e. The minimum Gasteiger partial charge on any atom is -0.210 e. The standard InChI is InChI=1S/C14H22N2O2S2/c1-4-5-6-9-14(2,3)11-16-20(17,18)13-8-7-12(10-15)19-13/h7-8,16H,4-6,9,11H2,1-3H3. The summed E-state index contributed by atoms with van der Waals surface area (Å²) in [6, 6.07) is 4.97. The molecule has 0 saturated carbocycles. The number of nitrogens with one attached hydrogen (secondary N) is 1. The van der Waals surface area contributed by atoms with Gasteiger partial charge < -0.3 is 0 Å². The van der Waals surface area contributed by atoms with E-state index in [1.807, 2.05) is 6.07 Å².